The lowest BCUT2D eigenvalue weighted by atomic mass is 10.3. The number of amidine groups is 1. The topological polar surface area (TPSA) is 28.5 Å². The van der Waals surface area contributed by atoms with E-state index in [0.717, 1.165) is 12.2 Å². The summed E-state index contributed by atoms with van der Waals surface area (Å²) in [6, 6.07) is 5.86. The fourth-order valence-corrected chi connectivity index (χ4v) is 2.05. The zero-order valence-electron chi connectivity index (χ0n) is 9.89. The summed E-state index contributed by atoms with van der Waals surface area (Å²) in [6.45, 7) is 5.57. The van der Waals surface area contributed by atoms with Crippen molar-refractivity contribution in [2.45, 2.75) is 26.2 Å². The highest BCUT2D eigenvalue weighted by atomic mass is 15.2. The van der Waals surface area contributed by atoms with Crippen LogP contribution in [0.3, 0.4) is 0 Å². The fraction of sp³-hybridized carbons (Fsp3) is 0.538. The molecule has 1 aromatic rings. The van der Waals surface area contributed by atoms with Crippen molar-refractivity contribution in [1.29, 1.82) is 0 Å². The summed E-state index contributed by atoms with van der Waals surface area (Å²) in [6.07, 6.45) is 5.62. The van der Waals surface area contributed by atoms with Gasteiger partial charge in [0.2, 0.25) is 0 Å². The second-order valence-corrected chi connectivity index (χ2v) is 4.21. The molecule has 86 valence electrons. The minimum absolute atomic E-state index is 1.07. The van der Waals surface area contributed by atoms with E-state index >= 15 is 0 Å². The molecule has 1 fully saturated rings. The summed E-state index contributed by atoms with van der Waals surface area (Å²) in [5.41, 5.74) is 1.07. The standard InChI is InChI=1S/C7H12N2.C6H7N/c1-3-7-8-4-2-6-9(7)5-1;1-6-4-2-3-5-7-6/h1-6H2;2-5H,1H3. The third kappa shape index (κ3) is 3.05. The highest BCUT2D eigenvalue weighted by molar-refractivity contribution is 5.84. The first-order valence-corrected chi connectivity index (χ1v) is 6.02. The molecular weight excluding hydrogens is 198 g/mol. The van der Waals surface area contributed by atoms with Gasteiger partial charge in [0.1, 0.15) is 0 Å². The van der Waals surface area contributed by atoms with Crippen LogP contribution in [0.1, 0.15) is 25.0 Å². The van der Waals surface area contributed by atoms with Crippen LogP contribution in [0.2, 0.25) is 0 Å². The quantitative estimate of drug-likeness (QED) is 0.667. The number of rotatable bonds is 0. The van der Waals surface area contributed by atoms with Crippen molar-refractivity contribution in [3.05, 3.63) is 30.1 Å². The minimum Gasteiger partial charge on any atom is -0.360 e. The SMILES string of the molecule is C1CN=C2CCCN2C1.Cc1ccccn1. The predicted molar refractivity (Wildman–Crippen MR) is 66.7 cm³/mol. The number of aromatic nitrogens is 1. The van der Waals surface area contributed by atoms with Crippen molar-refractivity contribution in [2.24, 2.45) is 4.99 Å². The molecule has 3 rings (SSSR count). The number of aryl methyl sites for hydroxylation is 1. The molecule has 0 unspecified atom stereocenters. The van der Waals surface area contributed by atoms with Gasteiger partial charge in [0.05, 0.1) is 5.84 Å². The van der Waals surface area contributed by atoms with Crippen LogP contribution >= 0.6 is 0 Å². The highest BCUT2D eigenvalue weighted by Crippen LogP contribution is 2.14. The summed E-state index contributed by atoms with van der Waals surface area (Å²) in [5.74, 6) is 1.38. The first-order chi connectivity index (χ1) is 7.86. The molecule has 0 N–H and O–H groups in total. The molecule has 0 saturated carbocycles. The molecule has 2 aliphatic rings. The summed E-state index contributed by atoms with van der Waals surface area (Å²) < 4.78 is 0. The van der Waals surface area contributed by atoms with Crippen molar-refractivity contribution in [3.8, 4) is 0 Å². The van der Waals surface area contributed by atoms with Crippen LogP contribution in [-0.4, -0.2) is 35.4 Å². The Morgan fingerprint density at radius 1 is 1.19 bits per heavy atom. The molecule has 0 amide bonds. The molecule has 16 heavy (non-hydrogen) atoms. The maximum absolute atomic E-state index is 4.43. The van der Waals surface area contributed by atoms with E-state index in [1.807, 2.05) is 25.1 Å². The lowest BCUT2D eigenvalue weighted by Crippen LogP contribution is -2.29. The Bertz CT molecular complexity index is 345. The number of aliphatic imine (C=N–C) groups is 1. The number of hydrogen-bond acceptors (Lipinski definition) is 3. The van der Waals surface area contributed by atoms with Gasteiger partial charge in [0.15, 0.2) is 0 Å². The van der Waals surface area contributed by atoms with Crippen molar-refractivity contribution in [2.75, 3.05) is 19.6 Å². The van der Waals surface area contributed by atoms with Crippen LogP contribution in [0.5, 0.6) is 0 Å². The lowest BCUT2D eigenvalue weighted by Gasteiger charge is -2.21. The van der Waals surface area contributed by atoms with Gasteiger partial charge in [-0.15, -0.1) is 0 Å². The Morgan fingerprint density at radius 3 is 2.69 bits per heavy atom. The summed E-state index contributed by atoms with van der Waals surface area (Å²) in [5, 5.41) is 0. The van der Waals surface area contributed by atoms with Crippen LogP contribution in [-0.2, 0) is 0 Å². The van der Waals surface area contributed by atoms with Crippen molar-refractivity contribution in [3.63, 3.8) is 0 Å². The van der Waals surface area contributed by atoms with E-state index in [9.17, 15) is 0 Å². The van der Waals surface area contributed by atoms with Gasteiger partial charge in [-0.05, 0) is 31.9 Å². The Kier molecular flexibility index (Phi) is 3.91. The second-order valence-electron chi connectivity index (χ2n) is 4.21. The Labute approximate surface area is 97.2 Å². The maximum Gasteiger partial charge on any atom is 0.0989 e. The molecule has 0 aliphatic carbocycles. The lowest BCUT2D eigenvalue weighted by molar-refractivity contribution is 0.427. The summed E-state index contributed by atoms with van der Waals surface area (Å²) >= 11 is 0. The molecule has 0 aromatic carbocycles. The van der Waals surface area contributed by atoms with Gasteiger partial charge >= 0.3 is 0 Å². The molecule has 1 saturated heterocycles. The average molecular weight is 217 g/mol. The van der Waals surface area contributed by atoms with Gasteiger partial charge in [-0.25, -0.2) is 0 Å². The number of nitrogens with zero attached hydrogens (tertiary/aromatic N) is 3. The maximum atomic E-state index is 4.43. The van der Waals surface area contributed by atoms with E-state index in [-0.39, 0.29) is 0 Å². The molecule has 3 nitrogen and oxygen atoms in total. The van der Waals surface area contributed by atoms with Crippen LogP contribution in [0.4, 0.5) is 0 Å². The monoisotopic (exact) mass is 217 g/mol. The fourth-order valence-electron chi connectivity index (χ4n) is 2.05. The van der Waals surface area contributed by atoms with Crippen LogP contribution in [0.25, 0.3) is 0 Å². The molecule has 0 radical (unpaired) electrons. The Balaban J connectivity index is 0.000000125. The molecular formula is C13H19N3. The minimum atomic E-state index is 1.07. The van der Waals surface area contributed by atoms with Crippen LogP contribution < -0.4 is 0 Å². The Morgan fingerprint density at radius 2 is 2.06 bits per heavy atom. The average Bonchev–Trinajstić information content (AvgIpc) is 2.79. The van der Waals surface area contributed by atoms with E-state index in [1.165, 1.54) is 38.2 Å². The summed E-state index contributed by atoms with van der Waals surface area (Å²) in [7, 11) is 0. The zero-order chi connectivity index (χ0) is 11.2. The van der Waals surface area contributed by atoms with Crippen molar-refractivity contribution >= 4 is 5.84 Å². The van der Waals surface area contributed by atoms with Crippen molar-refractivity contribution in [1.82, 2.24) is 9.88 Å². The highest BCUT2D eigenvalue weighted by Gasteiger charge is 2.19. The predicted octanol–water partition coefficient (Wildman–Crippen LogP) is 2.27. The second kappa shape index (κ2) is 5.64. The molecule has 3 heterocycles. The molecule has 0 spiro atoms. The molecule has 0 atom stereocenters. The number of pyridine rings is 1. The molecule has 2 aliphatic heterocycles. The summed E-state index contributed by atoms with van der Waals surface area (Å²) in [4.78, 5) is 10.8. The van der Waals surface area contributed by atoms with Crippen molar-refractivity contribution < 1.29 is 0 Å². The molecule has 0 bridgehead atoms. The Hall–Kier alpha value is -1.38. The van der Waals surface area contributed by atoms with Gasteiger partial charge in [0, 0.05) is 37.9 Å². The van der Waals surface area contributed by atoms with Gasteiger partial charge < -0.3 is 4.90 Å². The van der Waals surface area contributed by atoms with Gasteiger partial charge in [-0.2, -0.15) is 0 Å². The zero-order valence-corrected chi connectivity index (χ0v) is 9.89. The number of hydrogen-bond donors (Lipinski definition) is 0. The van der Waals surface area contributed by atoms with Gasteiger partial charge in [-0.1, -0.05) is 6.07 Å². The first-order valence-electron chi connectivity index (χ1n) is 6.02. The third-order valence-corrected chi connectivity index (χ3v) is 2.89. The first kappa shape index (κ1) is 11.1. The van der Waals surface area contributed by atoms with Crippen LogP contribution in [0.15, 0.2) is 29.4 Å². The van der Waals surface area contributed by atoms with Gasteiger partial charge in [-0.3, -0.25) is 9.98 Å². The normalized spacial score (nSPS) is 18.3. The third-order valence-electron chi connectivity index (χ3n) is 2.89. The van der Waals surface area contributed by atoms with E-state index in [1.54, 1.807) is 6.20 Å². The smallest absolute Gasteiger partial charge is 0.0989 e. The molecule has 1 aromatic heterocycles. The van der Waals surface area contributed by atoms with Gasteiger partial charge in [0.25, 0.3) is 0 Å². The van der Waals surface area contributed by atoms with Crippen LogP contribution in [0, 0.1) is 6.92 Å². The number of fused-ring (bicyclic) bond motifs is 1. The van der Waals surface area contributed by atoms with E-state index in [4.69, 9.17) is 0 Å². The van der Waals surface area contributed by atoms with E-state index in [0.29, 0.717) is 0 Å². The largest absolute Gasteiger partial charge is 0.360 e. The van der Waals surface area contributed by atoms with E-state index < -0.39 is 0 Å². The molecule has 3 heteroatoms. The van der Waals surface area contributed by atoms with E-state index in [2.05, 4.69) is 14.9 Å².